The quantitative estimate of drug-likeness (QED) is 0.537. The number of fused-ring (bicyclic) bond motifs is 3. The Morgan fingerprint density at radius 1 is 1.03 bits per heavy atom. The van der Waals surface area contributed by atoms with Crippen LogP contribution >= 0.6 is 0 Å². The van der Waals surface area contributed by atoms with Gasteiger partial charge in [0, 0.05) is 24.9 Å². The van der Waals surface area contributed by atoms with Gasteiger partial charge in [-0.05, 0) is 47.9 Å². The van der Waals surface area contributed by atoms with Gasteiger partial charge < -0.3 is 20.5 Å². The molecule has 2 aliphatic rings. The maximum atomic E-state index is 12.4. The zero-order valence-corrected chi connectivity index (χ0v) is 18.8. The molecule has 0 aromatic heterocycles. The van der Waals surface area contributed by atoms with E-state index in [0.29, 0.717) is 0 Å². The third kappa shape index (κ3) is 5.18. The Hall–Kier alpha value is -3.35. The highest BCUT2D eigenvalue weighted by Crippen LogP contribution is 2.44. The van der Waals surface area contributed by atoms with Gasteiger partial charge in [-0.2, -0.15) is 0 Å². The van der Waals surface area contributed by atoms with Crippen LogP contribution in [0, 0.1) is 11.8 Å². The van der Waals surface area contributed by atoms with E-state index in [9.17, 15) is 19.5 Å². The lowest BCUT2D eigenvalue weighted by molar-refractivity contribution is -0.144. The highest BCUT2D eigenvalue weighted by atomic mass is 16.5. The van der Waals surface area contributed by atoms with Crippen LogP contribution in [0.4, 0.5) is 4.79 Å². The van der Waals surface area contributed by atoms with Crippen LogP contribution < -0.4 is 10.6 Å². The Balaban J connectivity index is 1.24. The number of benzene rings is 2. The minimum absolute atomic E-state index is 0.0267. The molecular formula is C26H30N2O5. The first-order valence-electron chi connectivity index (χ1n) is 11.5. The fourth-order valence-corrected chi connectivity index (χ4v) is 4.76. The van der Waals surface area contributed by atoms with E-state index in [1.54, 1.807) is 6.92 Å². The second kappa shape index (κ2) is 10.1. The van der Waals surface area contributed by atoms with Crippen molar-refractivity contribution < 1.29 is 24.2 Å². The van der Waals surface area contributed by atoms with Crippen molar-refractivity contribution in [2.75, 3.05) is 13.2 Å². The molecule has 2 amide bonds. The van der Waals surface area contributed by atoms with Gasteiger partial charge in [0.2, 0.25) is 5.91 Å². The van der Waals surface area contributed by atoms with Crippen LogP contribution in [0.2, 0.25) is 0 Å². The average molecular weight is 451 g/mol. The van der Waals surface area contributed by atoms with Gasteiger partial charge in [0.15, 0.2) is 0 Å². The largest absolute Gasteiger partial charge is 0.481 e. The van der Waals surface area contributed by atoms with Crippen molar-refractivity contribution in [3.63, 3.8) is 0 Å². The first-order valence-corrected chi connectivity index (χ1v) is 11.5. The molecule has 174 valence electrons. The SMILES string of the molecule is CC(CC(=O)NCC(C(=O)O)C1CCC1)NC(=O)OCC1c2ccccc2-c2ccccc21. The molecule has 4 rings (SSSR count). The molecule has 3 N–H and O–H groups in total. The molecular weight excluding hydrogens is 420 g/mol. The van der Waals surface area contributed by atoms with Crippen LogP contribution in [0.1, 0.15) is 49.7 Å². The number of hydrogen-bond donors (Lipinski definition) is 3. The summed E-state index contributed by atoms with van der Waals surface area (Å²) in [7, 11) is 0. The number of nitrogens with one attached hydrogen (secondary N) is 2. The van der Waals surface area contributed by atoms with Crippen LogP contribution in [0.15, 0.2) is 48.5 Å². The third-order valence-corrected chi connectivity index (χ3v) is 6.75. The Bertz CT molecular complexity index is 987. The maximum absolute atomic E-state index is 12.4. The normalized spacial score (nSPS) is 16.6. The van der Waals surface area contributed by atoms with Crippen molar-refractivity contribution in [2.45, 2.75) is 44.6 Å². The second-order valence-corrected chi connectivity index (χ2v) is 9.01. The first kappa shape index (κ1) is 22.8. The van der Waals surface area contributed by atoms with E-state index in [-0.39, 0.29) is 37.3 Å². The number of carboxylic acid groups (broad SMARTS) is 1. The summed E-state index contributed by atoms with van der Waals surface area (Å²) in [5, 5.41) is 14.8. The summed E-state index contributed by atoms with van der Waals surface area (Å²) in [5.74, 6) is -1.59. The number of carbonyl (C=O) groups excluding carboxylic acids is 2. The van der Waals surface area contributed by atoms with E-state index in [1.165, 1.54) is 0 Å². The molecule has 0 radical (unpaired) electrons. The van der Waals surface area contributed by atoms with Crippen molar-refractivity contribution >= 4 is 18.0 Å². The molecule has 0 aliphatic heterocycles. The fraction of sp³-hybridized carbons (Fsp3) is 0.423. The fourth-order valence-electron chi connectivity index (χ4n) is 4.76. The number of carbonyl (C=O) groups is 3. The average Bonchev–Trinajstić information content (AvgIpc) is 3.07. The predicted octanol–water partition coefficient (Wildman–Crippen LogP) is 3.92. The summed E-state index contributed by atoms with van der Waals surface area (Å²) in [6.45, 7) is 2.05. The number of ether oxygens (including phenoxy) is 1. The van der Waals surface area contributed by atoms with Crippen LogP contribution in [0.25, 0.3) is 11.1 Å². The van der Waals surface area contributed by atoms with E-state index < -0.39 is 24.0 Å². The van der Waals surface area contributed by atoms with Crippen molar-refractivity contribution in [3.8, 4) is 11.1 Å². The Morgan fingerprint density at radius 3 is 2.18 bits per heavy atom. The third-order valence-electron chi connectivity index (χ3n) is 6.75. The molecule has 7 nitrogen and oxygen atoms in total. The summed E-state index contributed by atoms with van der Waals surface area (Å²) in [4.78, 5) is 36.0. The van der Waals surface area contributed by atoms with Gasteiger partial charge in [-0.3, -0.25) is 9.59 Å². The Labute approximate surface area is 193 Å². The smallest absolute Gasteiger partial charge is 0.407 e. The molecule has 1 saturated carbocycles. The molecule has 1 fully saturated rings. The summed E-state index contributed by atoms with van der Waals surface area (Å²) < 4.78 is 5.52. The summed E-state index contributed by atoms with van der Waals surface area (Å²) >= 11 is 0. The highest BCUT2D eigenvalue weighted by molar-refractivity contribution is 5.80. The lowest BCUT2D eigenvalue weighted by Crippen LogP contribution is -2.42. The molecule has 0 heterocycles. The second-order valence-electron chi connectivity index (χ2n) is 9.01. The van der Waals surface area contributed by atoms with Gasteiger partial charge in [-0.1, -0.05) is 55.0 Å². The standard InChI is InChI=1S/C26H30N2O5/c1-16(13-24(29)27-14-22(25(30)31)17-7-6-8-17)28-26(32)33-15-23-20-11-4-2-9-18(20)19-10-3-5-12-21(19)23/h2-5,9-12,16-17,22-23H,6-8,13-15H2,1H3,(H,27,29)(H,28,32)(H,30,31). The van der Waals surface area contributed by atoms with Gasteiger partial charge in [0.1, 0.15) is 6.61 Å². The molecule has 7 heteroatoms. The number of aliphatic carboxylic acids is 1. The number of rotatable bonds is 9. The molecule has 0 bridgehead atoms. The van der Waals surface area contributed by atoms with E-state index >= 15 is 0 Å². The Kier molecular flexibility index (Phi) is 6.96. The molecule has 0 saturated heterocycles. The van der Waals surface area contributed by atoms with Crippen molar-refractivity contribution in [3.05, 3.63) is 59.7 Å². The van der Waals surface area contributed by atoms with E-state index in [4.69, 9.17) is 4.74 Å². The number of carboxylic acids is 1. The zero-order valence-electron chi connectivity index (χ0n) is 18.8. The van der Waals surface area contributed by atoms with Crippen LogP contribution in [0.5, 0.6) is 0 Å². The predicted molar refractivity (Wildman–Crippen MR) is 124 cm³/mol. The molecule has 2 unspecified atom stereocenters. The van der Waals surface area contributed by atoms with E-state index in [1.807, 2.05) is 24.3 Å². The lowest BCUT2D eigenvalue weighted by Gasteiger charge is -2.31. The van der Waals surface area contributed by atoms with Gasteiger partial charge >= 0.3 is 12.1 Å². The van der Waals surface area contributed by atoms with E-state index in [0.717, 1.165) is 41.5 Å². The summed E-state index contributed by atoms with van der Waals surface area (Å²) in [6.07, 6.45) is 2.32. The molecule has 2 atom stereocenters. The minimum atomic E-state index is -0.871. The van der Waals surface area contributed by atoms with Gasteiger partial charge in [-0.25, -0.2) is 4.79 Å². The van der Waals surface area contributed by atoms with Crippen LogP contribution in [-0.4, -0.2) is 42.3 Å². The van der Waals surface area contributed by atoms with Crippen LogP contribution in [0.3, 0.4) is 0 Å². The number of amides is 2. The monoisotopic (exact) mass is 450 g/mol. The summed E-state index contributed by atoms with van der Waals surface area (Å²) in [6, 6.07) is 15.8. The minimum Gasteiger partial charge on any atom is -0.481 e. The van der Waals surface area contributed by atoms with Crippen molar-refractivity contribution in [2.24, 2.45) is 11.8 Å². The van der Waals surface area contributed by atoms with Crippen molar-refractivity contribution in [1.29, 1.82) is 0 Å². The molecule has 2 aliphatic carbocycles. The molecule has 0 spiro atoms. The number of hydrogen-bond acceptors (Lipinski definition) is 4. The van der Waals surface area contributed by atoms with E-state index in [2.05, 4.69) is 34.9 Å². The van der Waals surface area contributed by atoms with Gasteiger partial charge in [-0.15, -0.1) is 0 Å². The molecule has 2 aromatic carbocycles. The number of alkyl carbamates (subject to hydrolysis) is 1. The summed E-state index contributed by atoms with van der Waals surface area (Å²) in [5.41, 5.74) is 4.60. The Morgan fingerprint density at radius 2 is 1.64 bits per heavy atom. The van der Waals surface area contributed by atoms with Gasteiger partial charge in [0.05, 0.1) is 5.92 Å². The first-order chi connectivity index (χ1) is 15.9. The van der Waals surface area contributed by atoms with Gasteiger partial charge in [0.25, 0.3) is 0 Å². The zero-order chi connectivity index (χ0) is 23.4. The molecule has 2 aromatic rings. The topological polar surface area (TPSA) is 105 Å². The lowest BCUT2D eigenvalue weighted by atomic mass is 9.76. The van der Waals surface area contributed by atoms with Crippen molar-refractivity contribution in [1.82, 2.24) is 10.6 Å². The van der Waals surface area contributed by atoms with Crippen LogP contribution in [-0.2, 0) is 14.3 Å². The molecule has 33 heavy (non-hydrogen) atoms. The maximum Gasteiger partial charge on any atom is 0.407 e. The highest BCUT2D eigenvalue weighted by Gasteiger charge is 2.33.